The maximum atomic E-state index is 12.8. The lowest BCUT2D eigenvalue weighted by molar-refractivity contribution is -0.126. The Bertz CT molecular complexity index is 1090. The first kappa shape index (κ1) is 25.0. The first-order chi connectivity index (χ1) is 15.8. The molecular weight excluding hydrogens is 514 g/mol. The van der Waals surface area contributed by atoms with Gasteiger partial charge in [-0.15, -0.1) is 0 Å². The molecule has 1 amide bonds. The molecule has 0 saturated carbocycles. The average Bonchev–Trinajstić information content (AvgIpc) is 2.83. The molecule has 9 nitrogen and oxygen atoms in total. The number of amides is 1. The summed E-state index contributed by atoms with van der Waals surface area (Å²) in [5.74, 6) is 0.844. The molecule has 1 saturated heterocycles. The minimum atomic E-state index is -3.58. The number of sulfonamides is 1. The van der Waals surface area contributed by atoms with Gasteiger partial charge in [0.05, 0.1) is 32.4 Å². The van der Waals surface area contributed by atoms with Gasteiger partial charge in [-0.3, -0.25) is 4.79 Å². The van der Waals surface area contributed by atoms with Crippen LogP contribution >= 0.6 is 15.9 Å². The van der Waals surface area contributed by atoms with Crippen molar-refractivity contribution in [2.75, 3.05) is 34.4 Å². The summed E-state index contributed by atoms with van der Waals surface area (Å²) in [6, 6.07) is 9.94. The Morgan fingerprint density at radius 2 is 1.64 bits per heavy atom. The lowest BCUT2D eigenvalue weighted by Crippen LogP contribution is -2.42. The molecule has 0 radical (unpaired) electrons. The van der Waals surface area contributed by atoms with E-state index in [0.29, 0.717) is 35.7 Å². The monoisotopic (exact) mass is 539 g/mol. The molecule has 0 aromatic heterocycles. The third kappa shape index (κ3) is 5.84. The van der Waals surface area contributed by atoms with E-state index in [2.05, 4.69) is 26.5 Å². The molecule has 0 aliphatic carbocycles. The zero-order chi connectivity index (χ0) is 24.0. The molecule has 0 unspecified atom stereocenters. The molecule has 2 aromatic carbocycles. The number of nitrogens with zero attached hydrogens (tertiary/aromatic N) is 2. The molecule has 0 spiro atoms. The van der Waals surface area contributed by atoms with Crippen LogP contribution in [0.25, 0.3) is 0 Å². The van der Waals surface area contributed by atoms with Gasteiger partial charge < -0.3 is 14.2 Å². The fraction of sp³-hybridized carbons (Fsp3) is 0.364. The van der Waals surface area contributed by atoms with Crippen molar-refractivity contribution in [1.82, 2.24) is 9.73 Å². The lowest BCUT2D eigenvalue weighted by Gasteiger charge is -2.30. The smallest absolute Gasteiger partial charge is 0.243 e. The van der Waals surface area contributed by atoms with Crippen molar-refractivity contribution >= 4 is 38.1 Å². The quantitative estimate of drug-likeness (QED) is 0.408. The first-order valence-electron chi connectivity index (χ1n) is 10.2. The Labute approximate surface area is 201 Å². The van der Waals surface area contributed by atoms with Crippen LogP contribution in [0, 0.1) is 5.92 Å². The molecule has 1 aliphatic heterocycles. The van der Waals surface area contributed by atoms with Crippen LogP contribution in [0.2, 0.25) is 0 Å². The number of piperidine rings is 1. The van der Waals surface area contributed by atoms with Gasteiger partial charge in [0, 0.05) is 29.0 Å². The maximum absolute atomic E-state index is 12.8. The van der Waals surface area contributed by atoms with Gasteiger partial charge in [0.1, 0.15) is 0 Å². The summed E-state index contributed by atoms with van der Waals surface area (Å²) in [7, 11) is 0.969. The summed E-state index contributed by atoms with van der Waals surface area (Å²) in [6.45, 7) is 0.542. The van der Waals surface area contributed by atoms with Gasteiger partial charge in [-0.25, -0.2) is 13.8 Å². The van der Waals surface area contributed by atoms with E-state index in [1.165, 1.54) is 31.8 Å². The van der Waals surface area contributed by atoms with Crippen LogP contribution in [0.1, 0.15) is 18.4 Å². The van der Waals surface area contributed by atoms with Crippen molar-refractivity contribution < 1.29 is 27.4 Å². The van der Waals surface area contributed by atoms with Crippen molar-refractivity contribution in [3.8, 4) is 17.2 Å². The SMILES string of the molecule is COc1cc(/C=N\NC(=O)C2CCN(S(=O)(=O)c3ccc(Br)cc3)CC2)cc(OC)c1OC. The van der Waals surface area contributed by atoms with E-state index < -0.39 is 10.0 Å². The highest BCUT2D eigenvalue weighted by atomic mass is 79.9. The Morgan fingerprint density at radius 1 is 1.06 bits per heavy atom. The number of nitrogens with one attached hydrogen (secondary N) is 1. The number of carbonyl (C=O) groups excluding carboxylic acids is 1. The van der Waals surface area contributed by atoms with E-state index >= 15 is 0 Å². The number of halogens is 1. The van der Waals surface area contributed by atoms with Crippen LogP contribution < -0.4 is 19.6 Å². The second kappa shape index (κ2) is 11.0. The van der Waals surface area contributed by atoms with E-state index in [1.54, 1.807) is 36.4 Å². The summed E-state index contributed by atoms with van der Waals surface area (Å²) in [5, 5.41) is 4.03. The van der Waals surface area contributed by atoms with Gasteiger partial charge in [0.25, 0.3) is 0 Å². The highest BCUT2D eigenvalue weighted by Gasteiger charge is 2.32. The van der Waals surface area contributed by atoms with Crippen molar-refractivity contribution in [3.63, 3.8) is 0 Å². The summed E-state index contributed by atoms with van der Waals surface area (Å²) >= 11 is 3.31. The van der Waals surface area contributed by atoms with Gasteiger partial charge in [0.15, 0.2) is 11.5 Å². The number of carbonyl (C=O) groups is 1. The highest BCUT2D eigenvalue weighted by Crippen LogP contribution is 2.37. The minimum absolute atomic E-state index is 0.239. The number of hydrogen-bond acceptors (Lipinski definition) is 7. The van der Waals surface area contributed by atoms with Gasteiger partial charge in [-0.05, 0) is 49.2 Å². The number of benzene rings is 2. The van der Waals surface area contributed by atoms with Crippen molar-refractivity contribution in [1.29, 1.82) is 0 Å². The zero-order valence-electron chi connectivity index (χ0n) is 18.6. The van der Waals surface area contributed by atoms with Gasteiger partial charge in [-0.1, -0.05) is 15.9 Å². The molecule has 1 aliphatic rings. The average molecular weight is 540 g/mol. The normalized spacial score (nSPS) is 15.4. The number of hydrazone groups is 1. The zero-order valence-corrected chi connectivity index (χ0v) is 21.0. The van der Waals surface area contributed by atoms with Crippen LogP contribution in [0.4, 0.5) is 0 Å². The Hall–Kier alpha value is -2.63. The van der Waals surface area contributed by atoms with Crippen LogP contribution in [-0.4, -0.2) is 59.3 Å². The van der Waals surface area contributed by atoms with E-state index in [9.17, 15) is 13.2 Å². The maximum Gasteiger partial charge on any atom is 0.243 e. The van der Waals surface area contributed by atoms with Crippen LogP contribution in [0.5, 0.6) is 17.2 Å². The largest absolute Gasteiger partial charge is 0.493 e. The molecule has 1 N–H and O–H groups in total. The van der Waals surface area contributed by atoms with Gasteiger partial charge in [0.2, 0.25) is 21.7 Å². The van der Waals surface area contributed by atoms with Crippen molar-refractivity contribution in [2.24, 2.45) is 11.0 Å². The predicted molar refractivity (Wildman–Crippen MR) is 127 cm³/mol. The summed E-state index contributed by atoms with van der Waals surface area (Å²) < 4.78 is 43.8. The lowest BCUT2D eigenvalue weighted by atomic mass is 9.98. The standard InChI is InChI=1S/C22H26BrN3O6S/c1-30-19-12-15(13-20(31-2)21(19)32-3)14-24-25-22(27)16-8-10-26(11-9-16)33(28,29)18-6-4-17(23)5-7-18/h4-7,12-14,16H,8-11H2,1-3H3,(H,25,27)/b24-14-. The van der Waals surface area contributed by atoms with Crippen molar-refractivity contribution in [3.05, 3.63) is 46.4 Å². The fourth-order valence-electron chi connectivity index (χ4n) is 3.55. The highest BCUT2D eigenvalue weighted by molar-refractivity contribution is 9.10. The van der Waals surface area contributed by atoms with Crippen LogP contribution in [0.15, 0.2) is 50.9 Å². The molecule has 11 heteroatoms. The van der Waals surface area contributed by atoms with E-state index in [1.807, 2.05) is 0 Å². The molecule has 178 valence electrons. The fourth-order valence-corrected chi connectivity index (χ4v) is 5.29. The second-order valence-electron chi connectivity index (χ2n) is 7.33. The first-order valence-corrected chi connectivity index (χ1v) is 12.4. The number of ether oxygens (including phenoxy) is 3. The van der Waals surface area contributed by atoms with Gasteiger partial charge >= 0.3 is 0 Å². The van der Waals surface area contributed by atoms with E-state index in [0.717, 1.165) is 4.47 Å². The van der Waals surface area contributed by atoms with Crippen LogP contribution in [0.3, 0.4) is 0 Å². The molecule has 1 heterocycles. The summed E-state index contributed by atoms with van der Waals surface area (Å²) in [4.78, 5) is 12.8. The molecule has 2 aromatic rings. The molecule has 33 heavy (non-hydrogen) atoms. The van der Waals surface area contributed by atoms with Crippen LogP contribution in [-0.2, 0) is 14.8 Å². The second-order valence-corrected chi connectivity index (χ2v) is 10.2. The third-order valence-electron chi connectivity index (χ3n) is 5.35. The summed E-state index contributed by atoms with van der Waals surface area (Å²) in [5.41, 5.74) is 3.19. The third-order valence-corrected chi connectivity index (χ3v) is 7.79. The predicted octanol–water partition coefficient (Wildman–Crippen LogP) is 3.03. The Balaban J connectivity index is 1.58. The van der Waals surface area contributed by atoms with Gasteiger partial charge in [-0.2, -0.15) is 9.41 Å². The van der Waals surface area contributed by atoms with Crippen molar-refractivity contribution in [2.45, 2.75) is 17.7 Å². The number of methoxy groups -OCH3 is 3. The number of hydrogen-bond donors (Lipinski definition) is 1. The van der Waals surface area contributed by atoms with E-state index in [-0.39, 0.29) is 29.8 Å². The number of rotatable bonds is 8. The molecule has 0 atom stereocenters. The molecule has 1 fully saturated rings. The molecular formula is C22H26BrN3O6S. The summed E-state index contributed by atoms with van der Waals surface area (Å²) in [6.07, 6.45) is 2.32. The Kier molecular flexibility index (Phi) is 8.33. The van der Waals surface area contributed by atoms with E-state index in [4.69, 9.17) is 14.2 Å². The molecule has 0 bridgehead atoms. The molecule has 3 rings (SSSR count). The topological polar surface area (TPSA) is 107 Å². The Morgan fingerprint density at radius 3 is 2.15 bits per heavy atom. The minimum Gasteiger partial charge on any atom is -0.493 e.